The van der Waals surface area contributed by atoms with E-state index in [4.69, 9.17) is 0 Å². The smallest absolute Gasteiger partial charge is 1.00 e. The van der Waals surface area contributed by atoms with E-state index in [-0.39, 0.29) is 81.1 Å². The zero-order chi connectivity index (χ0) is 15.6. The molecule has 4 nitrogen and oxygen atoms in total. The number of benzene rings is 2. The minimum absolute atomic E-state index is 0. The van der Waals surface area contributed by atoms with Crippen LogP contribution < -0.4 is 35.0 Å². The average Bonchev–Trinajstić information content (AvgIpc) is 2.53. The first kappa shape index (κ1) is 30.2. The molecule has 2 rings (SSSR count). The van der Waals surface area contributed by atoms with E-state index in [1.165, 1.54) is 12.1 Å². The number of nitrogens with zero attached hydrogens (tertiary/aromatic N) is 2. The van der Waals surface area contributed by atoms with E-state index in [9.17, 15) is 10.2 Å². The second kappa shape index (κ2) is 17.8. The van der Waals surface area contributed by atoms with E-state index in [0.717, 1.165) is 12.8 Å². The van der Waals surface area contributed by atoms with Crippen LogP contribution in [-0.2, 0) is 44.7 Å². The van der Waals surface area contributed by atoms with Gasteiger partial charge in [0.2, 0.25) is 0 Å². The Balaban J connectivity index is -0.00000132. The predicted molar refractivity (Wildman–Crippen MR) is 85.9 cm³/mol. The third kappa shape index (κ3) is 11.2. The molecule has 0 fully saturated rings. The molecule has 8 heteroatoms. The van der Waals surface area contributed by atoms with Crippen LogP contribution in [0, 0.1) is 0 Å². The van der Waals surface area contributed by atoms with Gasteiger partial charge in [0, 0.05) is 25.5 Å². The Morgan fingerprint density at radius 3 is 1.38 bits per heavy atom. The van der Waals surface area contributed by atoms with Crippen LogP contribution in [0.15, 0.2) is 58.5 Å². The Morgan fingerprint density at radius 2 is 1.04 bits per heavy atom. The maximum Gasteiger partial charge on any atom is 2.00 e. The van der Waals surface area contributed by atoms with Gasteiger partial charge in [-0.25, -0.2) is 0 Å². The molecule has 0 amide bonds. The SMILES string of the molecule is [Cl-].[Cl-].[Cu+2].[Hg+2].[O-]c1ccccc1C=NCCCCN=Cc1ccccc1[O-]. The molecule has 0 saturated carbocycles. The number of aliphatic imine (C=N–C) groups is 2. The molecule has 0 aliphatic rings. The molecular formula is C18H18Cl2CuHgN2O2. The molecule has 0 spiro atoms. The number of para-hydroxylation sites is 2. The third-order valence-corrected chi connectivity index (χ3v) is 3.12. The number of unbranched alkanes of at least 4 members (excludes halogenated alkanes) is 1. The van der Waals surface area contributed by atoms with Crippen LogP contribution in [0.3, 0.4) is 0 Å². The minimum atomic E-state index is -0.00729. The van der Waals surface area contributed by atoms with Crippen LogP contribution >= 0.6 is 0 Å². The van der Waals surface area contributed by atoms with E-state index in [2.05, 4.69) is 9.98 Å². The van der Waals surface area contributed by atoms with Gasteiger partial charge in [-0.2, -0.15) is 0 Å². The summed E-state index contributed by atoms with van der Waals surface area (Å²) in [5, 5.41) is 22.9. The van der Waals surface area contributed by atoms with E-state index in [1.807, 2.05) is 12.1 Å². The van der Waals surface area contributed by atoms with Crippen molar-refractivity contribution in [3.05, 3.63) is 59.7 Å². The normalized spacial score (nSPS) is 9.69. The van der Waals surface area contributed by atoms with Crippen LogP contribution in [-0.4, -0.2) is 25.5 Å². The minimum Gasteiger partial charge on any atom is -1.00 e. The average molecular weight is 629 g/mol. The maximum absolute atomic E-state index is 11.5. The van der Waals surface area contributed by atoms with Crippen molar-refractivity contribution >= 4 is 12.4 Å². The quantitative estimate of drug-likeness (QED) is 0.179. The van der Waals surface area contributed by atoms with Gasteiger partial charge in [0.1, 0.15) is 0 Å². The van der Waals surface area contributed by atoms with E-state index in [1.54, 1.807) is 36.7 Å². The molecule has 0 aliphatic carbocycles. The van der Waals surface area contributed by atoms with Crippen LogP contribution in [0.5, 0.6) is 11.5 Å². The summed E-state index contributed by atoms with van der Waals surface area (Å²) in [6.07, 6.45) is 5.04. The number of halogens is 2. The van der Waals surface area contributed by atoms with Crippen molar-refractivity contribution < 1.29 is 79.8 Å². The van der Waals surface area contributed by atoms with Crippen molar-refractivity contribution in [3.8, 4) is 11.5 Å². The van der Waals surface area contributed by atoms with Gasteiger partial charge in [-0.3, -0.25) is 9.98 Å². The van der Waals surface area contributed by atoms with Crippen LogP contribution in [0.4, 0.5) is 0 Å². The van der Waals surface area contributed by atoms with Crippen molar-refractivity contribution in [1.82, 2.24) is 0 Å². The van der Waals surface area contributed by atoms with Gasteiger partial charge in [0.25, 0.3) is 0 Å². The fraction of sp³-hybridized carbons (Fsp3) is 0.222. The molecule has 0 aromatic heterocycles. The van der Waals surface area contributed by atoms with Gasteiger partial charge in [-0.1, -0.05) is 48.5 Å². The molecule has 1 radical (unpaired) electrons. The molecule has 0 heterocycles. The van der Waals surface area contributed by atoms with E-state index < -0.39 is 0 Å². The molecule has 0 N–H and O–H groups in total. The molecule has 0 atom stereocenters. The number of rotatable bonds is 7. The zero-order valence-corrected chi connectivity index (χ0v) is 22.0. The van der Waals surface area contributed by atoms with Crippen LogP contribution in [0.25, 0.3) is 0 Å². The first-order valence-corrected chi connectivity index (χ1v) is 7.29. The Hall–Kier alpha value is -0.585. The van der Waals surface area contributed by atoms with Gasteiger partial charge in [0.15, 0.2) is 0 Å². The Kier molecular flexibility index (Phi) is 20.7. The standard InChI is InChI=1S/C18H20N2O2.2ClH.Cu.Hg/c21-17-9-3-1-7-15(17)13-19-11-5-6-12-20-14-16-8-2-4-10-18(16)22;;;;/h1-4,7-10,13-14,21-22H,5-6,11-12H2;2*1H;;/q;;;2*+2/p-4. The van der Waals surface area contributed by atoms with E-state index >= 15 is 0 Å². The summed E-state index contributed by atoms with van der Waals surface area (Å²) in [5.41, 5.74) is 1.24. The Bertz CT molecular complexity index is 616. The van der Waals surface area contributed by atoms with Gasteiger partial charge >= 0.3 is 44.7 Å². The van der Waals surface area contributed by atoms with Gasteiger partial charge in [0.05, 0.1) is 0 Å². The topological polar surface area (TPSA) is 70.8 Å². The first-order chi connectivity index (χ1) is 10.8. The monoisotopic (exact) mass is 629 g/mol. The van der Waals surface area contributed by atoms with Crippen molar-refractivity contribution in [1.29, 1.82) is 0 Å². The summed E-state index contributed by atoms with van der Waals surface area (Å²) in [4.78, 5) is 8.49. The van der Waals surface area contributed by atoms with Crippen LogP contribution in [0.1, 0.15) is 24.0 Å². The maximum atomic E-state index is 11.5. The summed E-state index contributed by atoms with van der Waals surface area (Å²) in [7, 11) is 0. The largest absolute Gasteiger partial charge is 2.00 e. The number of hydrogen-bond acceptors (Lipinski definition) is 4. The third-order valence-electron chi connectivity index (χ3n) is 3.12. The van der Waals surface area contributed by atoms with Crippen molar-refractivity contribution in [2.45, 2.75) is 12.8 Å². The van der Waals surface area contributed by atoms with Crippen molar-refractivity contribution in [2.24, 2.45) is 9.98 Å². The molecule has 139 valence electrons. The molecule has 0 unspecified atom stereocenters. The fourth-order valence-corrected chi connectivity index (χ4v) is 1.91. The summed E-state index contributed by atoms with van der Waals surface area (Å²) < 4.78 is 0. The predicted octanol–water partition coefficient (Wildman–Crippen LogP) is -3.84. The second-order valence-electron chi connectivity index (χ2n) is 4.85. The molecule has 2 aromatic carbocycles. The summed E-state index contributed by atoms with van der Waals surface area (Å²) in [5.74, 6) is -0.0146. The summed E-state index contributed by atoms with van der Waals surface area (Å²) in [6, 6.07) is 13.7. The second-order valence-corrected chi connectivity index (χ2v) is 4.85. The molecule has 26 heavy (non-hydrogen) atoms. The van der Waals surface area contributed by atoms with Crippen molar-refractivity contribution in [2.75, 3.05) is 13.1 Å². The van der Waals surface area contributed by atoms with Crippen LogP contribution in [0.2, 0.25) is 0 Å². The summed E-state index contributed by atoms with van der Waals surface area (Å²) in [6.45, 7) is 1.34. The zero-order valence-electron chi connectivity index (χ0n) is 14.1. The molecular weight excluding hydrogens is 611 g/mol. The van der Waals surface area contributed by atoms with E-state index in [0.29, 0.717) is 24.2 Å². The summed E-state index contributed by atoms with van der Waals surface area (Å²) >= 11 is 0. The molecule has 2 aromatic rings. The van der Waals surface area contributed by atoms with Crippen molar-refractivity contribution in [3.63, 3.8) is 0 Å². The van der Waals surface area contributed by atoms with Gasteiger partial charge in [-0.15, -0.1) is 11.5 Å². The number of hydrogen-bond donors (Lipinski definition) is 0. The Morgan fingerprint density at radius 1 is 0.692 bits per heavy atom. The first-order valence-electron chi connectivity index (χ1n) is 7.29. The molecule has 0 aliphatic heterocycles. The van der Waals surface area contributed by atoms with Gasteiger partial charge in [-0.05, 0) is 24.0 Å². The Labute approximate surface area is 198 Å². The van der Waals surface area contributed by atoms with Gasteiger partial charge < -0.3 is 35.0 Å². The fourth-order valence-electron chi connectivity index (χ4n) is 1.91. The molecule has 0 bridgehead atoms. The molecule has 0 saturated heterocycles.